The number of carbonyl (C=O) groups excluding carboxylic acids is 2. The van der Waals surface area contributed by atoms with E-state index in [0.29, 0.717) is 11.4 Å². The molecule has 0 bridgehead atoms. The molecule has 0 aromatic heterocycles. The topological polar surface area (TPSA) is 73.9 Å². The predicted molar refractivity (Wildman–Crippen MR) is 94.0 cm³/mol. The SMILES string of the molecule is CCc1ccc(OCC(=O)OCC(=O)Nc2ccc(OC(F)F)cc2)cc1. The highest BCUT2D eigenvalue weighted by atomic mass is 19.3. The molecule has 2 rings (SSSR count). The Bertz CT molecular complexity index is 748. The summed E-state index contributed by atoms with van der Waals surface area (Å²) >= 11 is 0. The first-order chi connectivity index (χ1) is 13.0. The second-order valence-electron chi connectivity index (χ2n) is 5.40. The van der Waals surface area contributed by atoms with E-state index in [4.69, 9.17) is 9.47 Å². The molecule has 0 heterocycles. The van der Waals surface area contributed by atoms with E-state index in [1.165, 1.54) is 24.3 Å². The van der Waals surface area contributed by atoms with Gasteiger partial charge in [-0.05, 0) is 48.4 Å². The van der Waals surface area contributed by atoms with E-state index in [9.17, 15) is 18.4 Å². The highest BCUT2D eigenvalue weighted by Crippen LogP contribution is 2.17. The summed E-state index contributed by atoms with van der Waals surface area (Å²) in [6.45, 7) is -1.70. The van der Waals surface area contributed by atoms with Gasteiger partial charge in [-0.2, -0.15) is 8.78 Å². The summed E-state index contributed by atoms with van der Waals surface area (Å²) in [5.74, 6) is -0.762. The fraction of sp³-hybridized carbons (Fsp3) is 0.263. The van der Waals surface area contributed by atoms with E-state index in [1.807, 2.05) is 19.1 Å². The van der Waals surface area contributed by atoms with Crippen LogP contribution in [0.3, 0.4) is 0 Å². The summed E-state index contributed by atoms with van der Waals surface area (Å²) in [6.07, 6.45) is 0.902. The van der Waals surface area contributed by atoms with E-state index in [0.717, 1.165) is 12.0 Å². The average molecular weight is 379 g/mol. The molecule has 0 saturated carbocycles. The lowest BCUT2D eigenvalue weighted by Crippen LogP contribution is -2.23. The van der Waals surface area contributed by atoms with Crippen molar-refractivity contribution < 1.29 is 32.6 Å². The molecule has 0 aliphatic heterocycles. The van der Waals surface area contributed by atoms with Gasteiger partial charge in [0.15, 0.2) is 13.2 Å². The van der Waals surface area contributed by atoms with Crippen LogP contribution in [-0.4, -0.2) is 31.7 Å². The third-order valence-corrected chi connectivity index (χ3v) is 3.42. The van der Waals surface area contributed by atoms with Crippen LogP contribution in [0.25, 0.3) is 0 Å². The van der Waals surface area contributed by atoms with Gasteiger partial charge in [0.25, 0.3) is 5.91 Å². The van der Waals surface area contributed by atoms with Crippen molar-refractivity contribution in [2.24, 2.45) is 0 Å². The minimum absolute atomic E-state index is 0.0291. The number of rotatable bonds is 9. The Kier molecular flexibility index (Phi) is 7.54. The van der Waals surface area contributed by atoms with Gasteiger partial charge >= 0.3 is 12.6 Å². The normalized spacial score (nSPS) is 10.4. The minimum atomic E-state index is -2.92. The zero-order valence-electron chi connectivity index (χ0n) is 14.6. The van der Waals surface area contributed by atoms with Gasteiger partial charge in [0.2, 0.25) is 0 Å². The monoisotopic (exact) mass is 379 g/mol. The molecule has 2 aromatic carbocycles. The number of halogens is 2. The Hall–Kier alpha value is -3.16. The second kappa shape index (κ2) is 10.1. The molecule has 0 unspecified atom stereocenters. The Morgan fingerprint density at radius 3 is 2.19 bits per heavy atom. The molecular weight excluding hydrogens is 360 g/mol. The fourth-order valence-corrected chi connectivity index (χ4v) is 2.07. The third-order valence-electron chi connectivity index (χ3n) is 3.42. The van der Waals surface area contributed by atoms with Crippen LogP contribution in [0.15, 0.2) is 48.5 Å². The van der Waals surface area contributed by atoms with Crippen molar-refractivity contribution in [3.63, 3.8) is 0 Å². The van der Waals surface area contributed by atoms with Crippen molar-refractivity contribution in [2.75, 3.05) is 18.5 Å². The molecule has 1 N–H and O–H groups in total. The number of carbonyl (C=O) groups is 2. The molecule has 0 spiro atoms. The number of hydrogen-bond acceptors (Lipinski definition) is 5. The summed E-state index contributed by atoms with van der Waals surface area (Å²) in [5, 5.41) is 2.46. The van der Waals surface area contributed by atoms with E-state index >= 15 is 0 Å². The number of ether oxygens (including phenoxy) is 3. The molecule has 2 aromatic rings. The molecule has 1 amide bonds. The van der Waals surface area contributed by atoms with Gasteiger partial charge < -0.3 is 19.5 Å². The molecule has 6 nitrogen and oxygen atoms in total. The first kappa shape index (κ1) is 20.2. The lowest BCUT2D eigenvalue weighted by atomic mass is 10.2. The van der Waals surface area contributed by atoms with E-state index in [2.05, 4.69) is 10.1 Å². The Morgan fingerprint density at radius 2 is 1.59 bits per heavy atom. The zero-order valence-corrected chi connectivity index (χ0v) is 14.6. The van der Waals surface area contributed by atoms with Gasteiger partial charge in [-0.15, -0.1) is 0 Å². The van der Waals surface area contributed by atoms with Crippen LogP contribution in [0.1, 0.15) is 12.5 Å². The molecule has 8 heteroatoms. The van der Waals surface area contributed by atoms with Gasteiger partial charge in [0.1, 0.15) is 11.5 Å². The number of alkyl halides is 2. The fourth-order valence-electron chi connectivity index (χ4n) is 2.07. The Morgan fingerprint density at radius 1 is 0.963 bits per heavy atom. The second-order valence-corrected chi connectivity index (χ2v) is 5.40. The molecule has 0 radical (unpaired) electrons. The van der Waals surface area contributed by atoms with Crippen molar-refractivity contribution in [2.45, 2.75) is 20.0 Å². The Labute approximate surface area is 155 Å². The standard InChI is InChI=1S/C19H19F2NO5/c1-2-13-3-7-15(8-4-13)25-12-18(24)26-11-17(23)22-14-5-9-16(10-6-14)27-19(20)21/h3-10,19H,2,11-12H2,1H3,(H,22,23). The van der Waals surface area contributed by atoms with E-state index in [-0.39, 0.29) is 12.4 Å². The summed E-state index contributed by atoms with van der Waals surface area (Å²) in [7, 11) is 0. The van der Waals surface area contributed by atoms with Gasteiger partial charge in [0, 0.05) is 5.69 Å². The number of benzene rings is 2. The lowest BCUT2D eigenvalue weighted by molar-refractivity contribution is -0.149. The molecule has 0 saturated heterocycles. The maximum atomic E-state index is 12.1. The van der Waals surface area contributed by atoms with E-state index in [1.54, 1.807) is 12.1 Å². The highest BCUT2D eigenvalue weighted by Gasteiger charge is 2.10. The summed E-state index contributed by atoms with van der Waals surface area (Å²) in [6, 6.07) is 12.6. The van der Waals surface area contributed by atoms with Crippen molar-refractivity contribution in [3.8, 4) is 11.5 Å². The summed E-state index contributed by atoms with van der Waals surface area (Å²) in [4.78, 5) is 23.4. The molecule has 0 aliphatic rings. The van der Waals surface area contributed by atoms with Crippen LogP contribution < -0.4 is 14.8 Å². The summed E-state index contributed by atoms with van der Waals surface area (Å²) in [5.41, 5.74) is 1.50. The van der Waals surface area contributed by atoms with Crippen LogP contribution in [-0.2, 0) is 20.7 Å². The number of anilines is 1. The van der Waals surface area contributed by atoms with Crippen LogP contribution in [0.4, 0.5) is 14.5 Å². The van der Waals surface area contributed by atoms with Crippen molar-refractivity contribution >= 4 is 17.6 Å². The quantitative estimate of drug-likeness (QED) is 0.676. The number of esters is 1. The molecule has 0 fully saturated rings. The molecular formula is C19H19F2NO5. The zero-order chi connectivity index (χ0) is 19.6. The number of aryl methyl sites for hydroxylation is 1. The van der Waals surface area contributed by atoms with Gasteiger partial charge in [-0.25, -0.2) is 4.79 Å². The van der Waals surface area contributed by atoms with Crippen molar-refractivity contribution in [1.29, 1.82) is 0 Å². The maximum Gasteiger partial charge on any atom is 0.387 e. The molecule has 27 heavy (non-hydrogen) atoms. The first-order valence-corrected chi connectivity index (χ1v) is 8.18. The van der Waals surface area contributed by atoms with Gasteiger partial charge in [-0.3, -0.25) is 4.79 Å². The van der Waals surface area contributed by atoms with Crippen LogP contribution in [0.2, 0.25) is 0 Å². The number of nitrogens with one attached hydrogen (secondary N) is 1. The van der Waals surface area contributed by atoms with Crippen molar-refractivity contribution in [1.82, 2.24) is 0 Å². The van der Waals surface area contributed by atoms with Crippen LogP contribution >= 0.6 is 0 Å². The number of amides is 1. The molecule has 144 valence electrons. The van der Waals surface area contributed by atoms with Gasteiger partial charge in [-0.1, -0.05) is 19.1 Å². The number of hydrogen-bond donors (Lipinski definition) is 1. The van der Waals surface area contributed by atoms with E-state index < -0.39 is 25.1 Å². The largest absolute Gasteiger partial charge is 0.482 e. The third kappa shape index (κ3) is 7.31. The maximum absolute atomic E-state index is 12.1. The smallest absolute Gasteiger partial charge is 0.387 e. The summed E-state index contributed by atoms with van der Waals surface area (Å²) < 4.78 is 38.4. The van der Waals surface area contributed by atoms with Gasteiger partial charge in [0.05, 0.1) is 0 Å². The minimum Gasteiger partial charge on any atom is -0.482 e. The molecule has 0 aliphatic carbocycles. The Balaban J connectivity index is 1.70. The first-order valence-electron chi connectivity index (χ1n) is 8.18. The van der Waals surface area contributed by atoms with Crippen LogP contribution in [0, 0.1) is 0 Å². The average Bonchev–Trinajstić information content (AvgIpc) is 2.66. The highest BCUT2D eigenvalue weighted by molar-refractivity contribution is 5.92. The predicted octanol–water partition coefficient (Wildman–Crippen LogP) is 3.41. The molecule has 0 atom stereocenters. The van der Waals surface area contributed by atoms with Crippen molar-refractivity contribution in [3.05, 3.63) is 54.1 Å². The van der Waals surface area contributed by atoms with Crippen LogP contribution in [0.5, 0.6) is 11.5 Å². The lowest BCUT2D eigenvalue weighted by Gasteiger charge is -2.09.